The molecule has 25 heavy (non-hydrogen) atoms. The fourth-order valence-corrected chi connectivity index (χ4v) is 2.91. The second-order valence-corrected chi connectivity index (χ2v) is 6.94. The topological polar surface area (TPSA) is 29.1 Å². The number of allylic oxidation sites excluding steroid dienone is 2. The lowest BCUT2D eigenvalue weighted by atomic mass is 10.1. The van der Waals surface area contributed by atoms with E-state index < -0.39 is 0 Å². The number of Topliss-reactive ketones (excluding diaryl/α,β-unsaturated/α-hetero) is 1. The van der Waals surface area contributed by atoms with Crippen LogP contribution in [-0.2, 0) is 0 Å². The van der Waals surface area contributed by atoms with Crippen LogP contribution in [0, 0.1) is 0 Å². The Morgan fingerprint density at radius 3 is 2.00 bits per heavy atom. The van der Waals surface area contributed by atoms with E-state index in [1.807, 2.05) is 24.3 Å². The molecule has 0 saturated heterocycles. The van der Waals surface area contributed by atoms with Gasteiger partial charge in [0.1, 0.15) is 0 Å². The van der Waals surface area contributed by atoms with E-state index in [0.717, 1.165) is 30.6 Å². The number of nitrogens with one attached hydrogen (secondary N) is 1. The Kier molecular flexibility index (Phi) is 12.7. The summed E-state index contributed by atoms with van der Waals surface area (Å²) in [5.41, 5.74) is 1.86. The molecule has 0 atom stereocenters. The molecule has 0 amide bonds. The third-order valence-electron chi connectivity index (χ3n) is 4.56. The summed E-state index contributed by atoms with van der Waals surface area (Å²) in [6.45, 7) is 4.85. The van der Waals surface area contributed by atoms with Crippen molar-refractivity contribution in [2.75, 3.05) is 11.9 Å². The zero-order chi connectivity index (χ0) is 18.2. The Morgan fingerprint density at radius 2 is 1.40 bits per heavy atom. The van der Waals surface area contributed by atoms with Crippen LogP contribution in [0.2, 0.25) is 0 Å². The van der Waals surface area contributed by atoms with E-state index in [1.54, 1.807) is 6.92 Å². The van der Waals surface area contributed by atoms with Crippen LogP contribution in [0.4, 0.5) is 5.69 Å². The quantitative estimate of drug-likeness (QED) is 0.208. The number of hydrogen-bond donors (Lipinski definition) is 1. The molecule has 2 heteroatoms. The van der Waals surface area contributed by atoms with Crippen molar-refractivity contribution in [2.24, 2.45) is 0 Å². The monoisotopic (exact) mass is 343 g/mol. The Balaban J connectivity index is 1.92. The predicted octanol–water partition coefficient (Wildman–Crippen LogP) is 7.17. The summed E-state index contributed by atoms with van der Waals surface area (Å²) in [5.74, 6) is 0.119. The van der Waals surface area contributed by atoms with Gasteiger partial charge in [0.2, 0.25) is 0 Å². The minimum absolute atomic E-state index is 0.119. The van der Waals surface area contributed by atoms with Gasteiger partial charge in [0.15, 0.2) is 5.78 Å². The highest BCUT2D eigenvalue weighted by atomic mass is 16.1. The third kappa shape index (κ3) is 11.6. The molecule has 0 saturated carbocycles. The van der Waals surface area contributed by atoms with Crippen molar-refractivity contribution in [2.45, 2.75) is 84.5 Å². The summed E-state index contributed by atoms with van der Waals surface area (Å²) < 4.78 is 0. The number of benzene rings is 1. The molecule has 0 aliphatic heterocycles. The van der Waals surface area contributed by atoms with Crippen molar-refractivity contribution >= 4 is 11.5 Å². The summed E-state index contributed by atoms with van der Waals surface area (Å²) in [6, 6.07) is 7.73. The van der Waals surface area contributed by atoms with Gasteiger partial charge in [0.05, 0.1) is 0 Å². The third-order valence-corrected chi connectivity index (χ3v) is 4.56. The fourth-order valence-electron chi connectivity index (χ4n) is 2.91. The normalized spacial score (nSPS) is 11.1. The van der Waals surface area contributed by atoms with Gasteiger partial charge in [0, 0.05) is 17.8 Å². The Bertz CT molecular complexity index is 475. The maximum atomic E-state index is 11.2. The van der Waals surface area contributed by atoms with Crippen LogP contribution in [0.5, 0.6) is 0 Å². The van der Waals surface area contributed by atoms with E-state index in [-0.39, 0.29) is 5.78 Å². The molecule has 1 rings (SSSR count). The van der Waals surface area contributed by atoms with Crippen molar-refractivity contribution in [3.05, 3.63) is 42.0 Å². The first-order chi connectivity index (χ1) is 12.2. The molecule has 140 valence electrons. The summed E-state index contributed by atoms with van der Waals surface area (Å²) in [7, 11) is 0. The van der Waals surface area contributed by atoms with Gasteiger partial charge in [-0.2, -0.15) is 0 Å². The molecular formula is C23H37NO. The molecule has 0 radical (unpaired) electrons. The average molecular weight is 344 g/mol. The van der Waals surface area contributed by atoms with Crippen molar-refractivity contribution in [3.8, 4) is 0 Å². The first-order valence-corrected chi connectivity index (χ1v) is 10.2. The van der Waals surface area contributed by atoms with Crippen molar-refractivity contribution in [1.29, 1.82) is 0 Å². The zero-order valence-electron chi connectivity index (χ0n) is 16.4. The van der Waals surface area contributed by atoms with Crippen LogP contribution < -0.4 is 5.32 Å². The number of anilines is 1. The van der Waals surface area contributed by atoms with Crippen LogP contribution in [0.25, 0.3) is 0 Å². The van der Waals surface area contributed by atoms with Crippen molar-refractivity contribution in [1.82, 2.24) is 0 Å². The lowest BCUT2D eigenvalue weighted by Gasteiger charge is -2.05. The van der Waals surface area contributed by atoms with Crippen LogP contribution in [-0.4, -0.2) is 12.3 Å². The van der Waals surface area contributed by atoms with Gasteiger partial charge >= 0.3 is 0 Å². The van der Waals surface area contributed by atoms with Crippen LogP contribution in [0.1, 0.15) is 94.8 Å². The van der Waals surface area contributed by atoms with Gasteiger partial charge in [-0.05, 0) is 56.9 Å². The van der Waals surface area contributed by atoms with Crippen LogP contribution in [0.15, 0.2) is 36.4 Å². The van der Waals surface area contributed by atoms with Crippen molar-refractivity contribution in [3.63, 3.8) is 0 Å². The van der Waals surface area contributed by atoms with E-state index in [0.29, 0.717) is 0 Å². The van der Waals surface area contributed by atoms with Gasteiger partial charge in [-0.25, -0.2) is 0 Å². The zero-order valence-corrected chi connectivity index (χ0v) is 16.4. The van der Waals surface area contributed by atoms with Crippen LogP contribution >= 0.6 is 0 Å². The average Bonchev–Trinajstić information content (AvgIpc) is 2.62. The molecule has 1 aromatic carbocycles. The Labute approximate surface area is 155 Å². The number of unbranched alkanes of at least 4 members (excludes halogenated alkanes) is 9. The molecule has 0 bridgehead atoms. The minimum Gasteiger partial charge on any atom is -0.385 e. The molecule has 0 heterocycles. The molecular weight excluding hydrogens is 306 g/mol. The molecule has 0 fully saturated rings. The molecule has 0 unspecified atom stereocenters. The second-order valence-electron chi connectivity index (χ2n) is 6.94. The van der Waals surface area contributed by atoms with Crippen molar-refractivity contribution < 1.29 is 4.79 Å². The fraction of sp³-hybridized carbons (Fsp3) is 0.609. The lowest BCUT2D eigenvalue weighted by molar-refractivity contribution is 0.101. The maximum absolute atomic E-state index is 11.2. The van der Waals surface area contributed by atoms with E-state index >= 15 is 0 Å². The molecule has 2 nitrogen and oxygen atoms in total. The Morgan fingerprint density at radius 1 is 0.840 bits per heavy atom. The van der Waals surface area contributed by atoms with Crippen LogP contribution in [0.3, 0.4) is 0 Å². The molecule has 0 aliphatic carbocycles. The lowest BCUT2D eigenvalue weighted by Crippen LogP contribution is -2.01. The maximum Gasteiger partial charge on any atom is 0.159 e. The number of ketones is 1. The van der Waals surface area contributed by atoms with E-state index in [9.17, 15) is 4.79 Å². The Hall–Kier alpha value is -1.57. The number of carbonyl (C=O) groups excluding carboxylic acids is 1. The highest BCUT2D eigenvalue weighted by molar-refractivity contribution is 5.94. The van der Waals surface area contributed by atoms with Gasteiger partial charge in [0.25, 0.3) is 0 Å². The molecule has 1 N–H and O–H groups in total. The summed E-state index contributed by atoms with van der Waals surface area (Å²) in [5, 5.41) is 3.41. The number of hydrogen-bond acceptors (Lipinski definition) is 2. The molecule has 0 spiro atoms. The smallest absolute Gasteiger partial charge is 0.159 e. The van der Waals surface area contributed by atoms with Gasteiger partial charge < -0.3 is 5.32 Å². The molecule has 0 aromatic heterocycles. The minimum atomic E-state index is 0.119. The molecule has 1 aromatic rings. The van der Waals surface area contributed by atoms with E-state index in [1.165, 1.54) is 57.8 Å². The summed E-state index contributed by atoms with van der Waals surface area (Å²) in [4.78, 5) is 11.2. The SMILES string of the molecule is CCCCCCCCCC/C=C/CCCNc1ccc(C(C)=O)cc1. The highest BCUT2D eigenvalue weighted by Crippen LogP contribution is 2.11. The van der Waals surface area contributed by atoms with Gasteiger partial charge in [-0.15, -0.1) is 0 Å². The number of rotatable bonds is 15. The summed E-state index contributed by atoms with van der Waals surface area (Å²) >= 11 is 0. The van der Waals surface area contributed by atoms with Gasteiger partial charge in [-0.3, -0.25) is 4.79 Å². The standard InChI is InChI=1S/C23H37NO/c1-3-4-5-6-7-8-9-10-11-12-13-14-15-20-24-23-18-16-22(17-19-23)21(2)25/h12-13,16-19,24H,3-11,14-15,20H2,1-2H3/b13-12+. The predicted molar refractivity (Wildman–Crippen MR) is 111 cm³/mol. The van der Waals surface area contributed by atoms with Gasteiger partial charge in [-0.1, -0.05) is 64.0 Å². The largest absolute Gasteiger partial charge is 0.385 e. The highest BCUT2D eigenvalue weighted by Gasteiger charge is 1.98. The molecule has 0 aliphatic rings. The van der Waals surface area contributed by atoms with E-state index in [4.69, 9.17) is 0 Å². The first kappa shape index (κ1) is 21.5. The first-order valence-electron chi connectivity index (χ1n) is 10.2. The second kappa shape index (κ2) is 14.7. The summed E-state index contributed by atoms with van der Waals surface area (Å²) in [6.07, 6.45) is 19.3. The number of carbonyl (C=O) groups is 1. The van der Waals surface area contributed by atoms with E-state index in [2.05, 4.69) is 24.4 Å².